The van der Waals surface area contributed by atoms with Gasteiger partial charge in [-0.3, -0.25) is 0 Å². The van der Waals surface area contributed by atoms with E-state index in [0.29, 0.717) is 12.3 Å². The summed E-state index contributed by atoms with van der Waals surface area (Å²) in [5.74, 6) is 2.29. The lowest BCUT2D eigenvalue weighted by Crippen LogP contribution is -2.24. The van der Waals surface area contributed by atoms with Gasteiger partial charge in [-0.25, -0.2) is 4.98 Å². The van der Waals surface area contributed by atoms with E-state index in [1.54, 1.807) is 13.2 Å². The van der Waals surface area contributed by atoms with Crippen LogP contribution in [0.3, 0.4) is 0 Å². The average molecular weight is 312 g/mol. The van der Waals surface area contributed by atoms with E-state index in [2.05, 4.69) is 4.98 Å². The summed E-state index contributed by atoms with van der Waals surface area (Å²) in [6, 6.07) is 15.2. The molecule has 0 saturated carbocycles. The fourth-order valence-corrected chi connectivity index (χ4v) is 2.57. The number of aliphatic hydroxyl groups excluding tert-OH is 1. The second-order valence-corrected chi connectivity index (χ2v) is 5.40. The van der Waals surface area contributed by atoms with E-state index in [0.717, 1.165) is 22.6 Å². The molecule has 5 nitrogen and oxygen atoms in total. The van der Waals surface area contributed by atoms with Crippen molar-refractivity contribution in [2.75, 3.05) is 13.7 Å². The van der Waals surface area contributed by atoms with Gasteiger partial charge in [0, 0.05) is 6.07 Å². The molecule has 120 valence electrons. The largest absolute Gasteiger partial charge is 0.497 e. The molecule has 0 unspecified atom stereocenters. The average Bonchev–Trinajstić information content (AvgIpc) is 2.89. The molecule has 1 heterocycles. The highest BCUT2D eigenvalue weighted by atomic mass is 16.5. The molecular weight excluding hydrogens is 292 g/mol. The number of ether oxygens (including phenoxy) is 2. The van der Waals surface area contributed by atoms with Crippen molar-refractivity contribution in [3.05, 3.63) is 54.4 Å². The fourth-order valence-electron chi connectivity index (χ4n) is 2.57. The van der Waals surface area contributed by atoms with E-state index < -0.39 is 6.10 Å². The Morgan fingerprint density at radius 2 is 1.91 bits per heavy atom. The van der Waals surface area contributed by atoms with Crippen molar-refractivity contribution in [3.63, 3.8) is 0 Å². The van der Waals surface area contributed by atoms with Crippen LogP contribution in [0.1, 0.15) is 5.82 Å². The van der Waals surface area contributed by atoms with Crippen molar-refractivity contribution < 1.29 is 14.6 Å². The Balaban J connectivity index is 1.66. The Hall–Kier alpha value is -2.53. The molecule has 1 atom stereocenters. The van der Waals surface area contributed by atoms with Crippen molar-refractivity contribution in [2.24, 2.45) is 0 Å². The maximum atomic E-state index is 10.3. The molecule has 0 aliphatic rings. The second kappa shape index (κ2) is 6.71. The first kappa shape index (κ1) is 15.4. The van der Waals surface area contributed by atoms with Crippen molar-refractivity contribution >= 4 is 11.0 Å². The zero-order valence-electron chi connectivity index (χ0n) is 13.3. The summed E-state index contributed by atoms with van der Waals surface area (Å²) in [4.78, 5) is 4.50. The van der Waals surface area contributed by atoms with Gasteiger partial charge in [0.25, 0.3) is 0 Å². The molecule has 0 radical (unpaired) electrons. The van der Waals surface area contributed by atoms with Crippen LogP contribution >= 0.6 is 0 Å². The van der Waals surface area contributed by atoms with Crippen LogP contribution in [0.2, 0.25) is 0 Å². The highest BCUT2D eigenvalue weighted by molar-refractivity contribution is 5.75. The normalized spacial score (nSPS) is 12.3. The number of nitrogens with zero attached hydrogens (tertiary/aromatic N) is 2. The van der Waals surface area contributed by atoms with Gasteiger partial charge in [0.05, 0.1) is 24.7 Å². The summed E-state index contributed by atoms with van der Waals surface area (Å²) in [6.07, 6.45) is -0.627. The molecule has 0 bridgehead atoms. The van der Waals surface area contributed by atoms with Gasteiger partial charge >= 0.3 is 0 Å². The number of rotatable bonds is 6. The molecule has 1 aromatic heterocycles. The first-order chi connectivity index (χ1) is 11.2. The minimum atomic E-state index is -0.627. The Kier molecular flexibility index (Phi) is 4.48. The zero-order valence-corrected chi connectivity index (χ0v) is 13.3. The Morgan fingerprint density at radius 1 is 1.13 bits per heavy atom. The second-order valence-electron chi connectivity index (χ2n) is 5.40. The number of methoxy groups -OCH3 is 1. The van der Waals surface area contributed by atoms with Crippen molar-refractivity contribution in [3.8, 4) is 11.5 Å². The fraction of sp³-hybridized carbons (Fsp3) is 0.278. The van der Waals surface area contributed by atoms with Crippen LogP contribution in [-0.4, -0.2) is 34.5 Å². The minimum Gasteiger partial charge on any atom is -0.497 e. The first-order valence-electron chi connectivity index (χ1n) is 7.54. The third kappa shape index (κ3) is 3.46. The molecule has 0 amide bonds. The number of para-hydroxylation sites is 2. The molecule has 0 spiro atoms. The summed E-state index contributed by atoms with van der Waals surface area (Å²) in [5, 5.41) is 10.3. The number of aromatic nitrogens is 2. The molecule has 2 aromatic carbocycles. The van der Waals surface area contributed by atoms with Crippen LogP contribution in [-0.2, 0) is 6.54 Å². The maximum absolute atomic E-state index is 10.3. The Bertz CT molecular complexity index is 798. The van der Waals surface area contributed by atoms with E-state index in [1.807, 2.05) is 54.0 Å². The molecule has 23 heavy (non-hydrogen) atoms. The minimum absolute atomic E-state index is 0.207. The number of fused-ring (bicyclic) bond motifs is 1. The molecule has 3 aromatic rings. The van der Waals surface area contributed by atoms with Crippen LogP contribution in [0.5, 0.6) is 11.5 Å². The number of aliphatic hydroxyl groups is 1. The number of hydrogen-bond donors (Lipinski definition) is 1. The summed E-state index contributed by atoms with van der Waals surface area (Å²) in [6.45, 7) is 2.59. The van der Waals surface area contributed by atoms with Gasteiger partial charge in [-0.15, -0.1) is 0 Å². The van der Waals surface area contributed by atoms with E-state index in [-0.39, 0.29) is 6.61 Å². The molecular formula is C18H20N2O3. The quantitative estimate of drug-likeness (QED) is 0.760. The summed E-state index contributed by atoms with van der Waals surface area (Å²) in [7, 11) is 1.61. The monoisotopic (exact) mass is 312 g/mol. The number of imidazole rings is 1. The zero-order chi connectivity index (χ0) is 16.2. The molecule has 5 heteroatoms. The summed E-state index contributed by atoms with van der Waals surface area (Å²) < 4.78 is 12.8. The molecule has 0 fully saturated rings. The third-order valence-electron chi connectivity index (χ3n) is 3.72. The lowest BCUT2D eigenvalue weighted by atomic mass is 10.3. The van der Waals surface area contributed by atoms with Gasteiger partial charge in [0.1, 0.15) is 30.0 Å². The first-order valence-corrected chi connectivity index (χ1v) is 7.54. The van der Waals surface area contributed by atoms with E-state index in [9.17, 15) is 5.11 Å². The molecule has 0 aliphatic heterocycles. The highest BCUT2D eigenvalue weighted by Gasteiger charge is 2.12. The number of aryl methyl sites for hydroxylation is 1. The third-order valence-corrected chi connectivity index (χ3v) is 3.72. The van der Waals surface area contributed by atoms with Crippen LogP contribution in [0.15, 0.2) is 48.5 Å². The van der Waals surface area contributed by atoms with Crippen LogP contribution in [0.25, 0.3) is 11.0 Å². The van der Waals surface area contributed by atoms with Crippen LogP contribution < -0.4 is 9.47 Å². The highest BCUT2D eigenvalue weighted by Crippen LogP contribution is 2.20. The van der Waals surface area contributed by atoms with Gasteiger partial charge < -0.3 is 19.1 Å². The Labute approximate surface area is 135 Å². The standard InChI is InChI=1S/C18H20N2O3/c1-13-19-17-8-3-4-9-18(17)20(13)11-14(21)12-23-16-7-5-6-15(10-16)22-2/h3-10,14,21H,11-12H2,1-2H3/t14-/m0/s1. The predicted molar refractivity (Wildman–Crippen MR) is 89.0 cm³/mol. The lowest BCUT2D eigenvalue weighted by Gasteiger charge is -2.15. The molecule has 0 saturated heterocycles. The van der Waals surface area contributed by atoms with Gasteiger partial charge in [-0.05, 0) is 31.2 Å². The predicted octanol–water partition coefficient (Wildman–Crippen LogP) is 2.79. The molecule has 3 rings (SSSR count). The van der Waals surface area contributed by atoms with Gasteiger partial charge in [0.15, 0.2) is 0 Å². The lowest BCUT2D eigenvalue weighted by molar-refractivity contribution is 0.0928. The van der Waals surface area contributed by atoms with Crippen molar-refractivity contribution in [1.29, 1.82) is 0 Å². The molecule has 0 aliphatic carbocycles. The van der Waals surface area contributed by atoms with Crippen molar-refractivity contribution in [2.45, 2.75) is 19.6 Å². The topological polar surface area (TPSA) is 56.5 Å². The number of benzene rings is 2. The van der Waals surface area contributed by atoms with Gasteiger partial charge in [0.2, 0.25) is 0 Å². The number of hydrogen-bond acceptors (Lipinski definition) is 4. The maximum Gasteiger partial charge on any atom is 0.123 e. The van der Waals surface area contributed by atoms with E-state index in [1.165, 1.54) is 0 Å². The van der Waals surface area contributed by atoms with Gasteiger partial charge in [-0.2, -0.15) is 0 Å². The van der Waals surface area contributed by atoms with E-state index in [4.69, 9.17) is 9.47 Å². The summed E-state index contributed by atoms with van der Waals surface area (Å²) >= 11 is 0. The Morgan fingerprint density at radius 3 is 2.74 bits per heavy atom. The smallest absolute Gasteiger partial charge is 0.123 e. The summed E-state index contributed by atoms with van der Waals surface area (Å²) in [5.41, 5.74) is 1.95. The SMILES string of the molecule is COc1cccc(OC[C@@H](O)Cn2c(C)nc3ccccc32)c1. The van der Waals surface area contributed by atoms with Crippen LogP contribution in [0, 0.1) is 6.92 Å². The van der Waals surface area contributed by atoms with E-state index >= 15 is 0 Å². The van der Waals surface area contributed by atoms with Gasteiger partial charge in [-0.1, -0.05) is 18.2 Å². The van der Waals surface area contributed by atoms with Crippen LogP contribution in [0.4, 0.5) is 0 Å². The van der Waals surface area contributed by atoms with Crippen molar-refractivity contribution in [1.82, 2.24) is 9.55 Å². The molecule has 1 N–H and O–H groups in total.